The van der Waals surface area contributed by atoms with Gasteiger partial charge < -0.3 is 14.2 Å². The second-order valence-corrected chi connectivity index (χ2v) is 10.6. The van der Waals surface area contributed by atoms with E-state index < -0.39 is 0 Å². The van der Waals surface area contributed by atoms with Gasteiger partial charge in [0.1, 0.15) is 5.75 Å². The lowest BCUT2D eigenvalue weighted by atomic mass is 9.99. The normalized spacial score (nSPS) is 15.1. The maximum absolute atomic E-state index is 13.0. The van der Waals surface area contributed by atoms with Crippen LogP contribution >= 0.6 is 24.0 Å². The van der Waals surface area contributed by atoms with Gasteiger partial charge in [0, 0.05) is 6.42 Å². The fourth-order valence-corrected chi connectivity index (χ4v) is 5.28. The van der Waals surface area contributed by atoms with E-state index in [9.17, 15) is 4.79 Å². The van der Waals surface area contributed by atoms with Gasteiger partial charge in [0.2, 0.25) is 0 Å². The van der Waals surface area contributed by atoms with Crippen molar-refractivity contribution in [3.8, 4) is 17.2 Å². The standard InChI is InChI=1S/C31H33NO4S2/c1-4-22(3)24-13-15-26(16-14-24)35-18-9-19-36-27-17-12-23(20-28(27)34-5-2)21-29-30(33)32(31(37)38-29)25-10-7-6-8-11-25/h6-8,10-17,20-22H,4-5,9,18-19H2,1-3H3/b29-21+/t22-/m0/s1. The van der Waals surface area contributed by atoms with Gasteiger partial charge in [-0.2, -0.15) is 0 Å². The molecule has 0 bridgehead atoms. The lowest BCUT2D eigenvalue weighted by Crippen LogP contribution is -2.27. The van der Waals surface area contributed by atoms with Gasteiger partial charge in [-0.1, -0.05) is 74.2 Å². The number of carbonyl (C=O) groups excluding carboxylic acids is 1. The summed E-state index contributed by atoms with van der Waals surface area (Å²) < 4.78 is 18.2. The van der Waals surface area contributed by atoms with E-state index >= 15 is 0 Å². The van der Waals surface area contributed by atoms with Gasteiger partial charge in [-0.3, -0.25) is 9.69 Å². The molecule has 1 aliphatic rings. The van der Waals surface area contributed by atoms with E-state index in [0.717, 1.165) is 29.8 Å². The number of benzene rings is 3. The van der Waals surface area contributed by atoms with E-state index in [1.807, 2.05) is 73.7 Å². The number of para-hydroxylation sites is 1. The van der Waals surface area contributed by atoms with Crippen molar-refractivity contribution in [3.05, 3.63) is 88.8 Å². The van der Waals surface area contributed by atoms with Crippen LogP contribution in [0.2, 0.25) is 0 Å². The molecular weight excluding hydrogens is 514 g/mol. The van der Waals surface area contributed by atoms with Crippen molar-refractivity contribution in [3.63, 3.8) is 0 Å². The molecule has 1 saturated heterocycles. The molecule has 7 heteroatoms. The van der Waals surface area contributed by atoms with E-state index in [2.05, 4.69) is 26.0 Å². The second kappa shape index (κ2) is 13.5. The molecule has 1 atom stereocenters. The van der Waals surface area contributed by atoms with Crippen molar-refractivity contribution in [2.24, 2.45) is 0 Å². The van der Waals surface area contributed by atoms with Gasteiger partial charge in [-0.05, 0) is 72.9 Å². The highest BCUT2D eigenvalue weighted by molar-refractivity contribution is 8.27. The highest BCUT2D eigenvalue weighted by Gasteiger charge is 2.33. The Hall–Kier alpha value is -3.29. The van der Waals surface area contributed by atoms with Crippen LogP contribution in [0, 0.1) is 0 Å². The molecule has 0 saturated carbocycles. The summed E-state index contributed by atoms with van der Waals surface area (Å²) in [6.07, 6.45) is 3.70. The molecule has 0 aromatic heterocycles. The largest absolute Gasteiger partial charge is 0.493 e. The number of hydrogen-bond donors (Lipinski definition) is 0. The van der Waals surface area contributed by atoms with Crippen LogP contribution < -0.4 is 19.1 Å². The Bertz CT molecular complexity index is 1270. The number of hydrogen-bond acceptors (Lipinski definition) is 6. The van der Waals surface area contributed by atoms with Crippen LogP contribution in [-0.2, 0) is 4.79 Å². The first kappa shape index (κ1) is 27.7. The summed E-state index contributed by atoms with van der Waals surface area (Å²) in [5.74, 6) is 2.60. The van der Waals surface area contributed by atoms with Gasteiger partial charge in [-0.25, -0.2) is 0 Å². The summed E-state index contributed by atoms with van der Waals surface area (Å²) in [6, 6.07) is 23.5. The van der Waals surface area contributed by atoms with Crippen LogP contribution in [0.25, 0.3) is 6.08 Å². The van der Waals surface area contributed by atoms with E-state index in [-0.39, 0.29) is 5.91 Å². The molecule has 1 heterocycles. The number of thioether (sulfide) groups is 1. The molecule has 3 aromatic carbocycles. The van der Waals surface area contributed by atoms with Gasteiger partial charge in [-0.15, -0.1) is 0 Å². The third-order valence-corrected chi connectivity index (χ3v) is 7.55. The Morgan fingerprint density at radius 3 is 2.37 bits per heavy atom. The fraction of sp³-hybridized carbons (Fsp3) is 0.290. The fourth-order valence-electron chi connectivity index (χ4n) is 3.98. The molecule has 198 valence electrons. The maximum atomic E-state index is 13.0. The van der Waals surface area contributed by atoms with E-state index in [0.29, 0.717) is 46.5 Å². The Labute approximate surface area is 234 Å². The predicted molar refractivity (Wildman–Crippen MR) is 160 cm³/mol. The highest BCUT2D eigenvalue weighted by Crippen LogP contribution is 2.37. The molecule has 0 spiro atoms. The van der Waals surface area contributed by atoms with Crippen molar-refractivity contribution in [2.75, 3.05) is 24.7 Å². The highest BCUT2D eigenvalue weighted by atomic mass is 32.2. The number of rotatable bonds is 12. The molecule has 1 amide bonds. The minimum absolute atomic E-state index is 0.126. The molecule has 5 nitrogen and oxygen atoms in total. The van der Waals surface area contributed by atoms with Crippen LogP contribution in [-0.4, -0.2) is 30.0 Å². The average molecular weight is 548 g/mol. The van der Waals surface area contributed by atoms with Crippen LogP contribution in [0.15, 0.2) is 77.7 Å². The number of nitrogens with zero attached hydrogens (tertiary/aromatic N) is 1. The smallest absolute Gasteiger partial charge is 0.270 e. The zero-order valence-electron chi connectivity index (χ0n) is 22.0. The Morgan fingerprint density at radius 2 is 1.66 bits per heavy atom. The molecule has 4 rings (SSSR count). The summed E-state index contributed by atoms with van der Waals surface area (Å²) in [5, 5.41) is 0. The van der Waals surface area contributed by atoms with Crippen LogP contribution in [0.5, 0.6) is 17.2 Å². The molecule has 38 heavy (non-hydrogen) atoms. The topological polar surface area (TPSA) is 48.0 Å². The van der Waals surface area contributed by atoms with Crippen LogP contribution in [0.3, 0.4) is 0 Å². The Balaban J connectivity index is 1.34. The minimum atomic E-state index is -0.126. The van der Waals surface area contributed by atoms with E-state index in [1.54, 1.807) is 4.90 Å². The predicted octanol–water partition coefficient (Wildman–Crippen LogP) is 7.85. The first-order valence-corrected chi connectivity index (χ1v) is 14.2. The molecule has 0 aliphatic carbocycles. The molecular formula is C31H33NO4S2. The van der Waals surface area contributed by atoms with Gasteiger partial charge in [0.25, 0.3) is 5.91 Å². The van der Waals surface area contributed by atoms with Crippen LogP contribution in [0.4, 0.5) is 5.69 Å². The number of anilines is 1. The average Bonchev–Trinajstić information content (AvgIpc) is 3.22. The van der Waals surface area contributed by atoms with Crippen LogP contribution in [0.1, 0.15) is 50.7 Å². The monoisotopic (exact) mass is 547 g/mol. The number of ether oxygens (including phenoxy) is 3. The number of thiocarbonyl (C=S) groups is 1. The molecule has 3 aromatic rings. The van der Waals surface area contributed by atoms with Gasteiger partial charge in [0.05, 0.1) is 30.4 Å². The Kier molecular flexibility index (Phi) is 9.85. The van der Waals surface area contributed by atoms with Gasteiger partial charge in [0.15, 0.2) is 15.8 Å². The third-order valence-electron chi connectivity index (χ3n) is 6.25. The van der Waals surface area contributed by atoms with Crippen molar-refractivity contribution in [1.29, 1.82) is 0 Å². The minimum Gasteiger partial charge on any atom is -0.493 e. The SMILES string of the molecule is CCOc1cc(/C=C2/SC(=S)N(c3ccccc3)C2=O)ccc1OCCCOc1ccc([C@@H](C)CC)cc1. The van der Waals surface area contributed by atoms with Crippen molar-refractivity contribution >= 4 is 46.0 Å². The molecule has 0 N–H and O–H groups in total. The van der Waals surface area contributed by atoms with Crippen molar-refractivity contribution in [1.82, 2.24) is 0 Å². The molecule has 0 radical (unpaired) electrons. The molecule has 0 unspecified atom stereocenters. The lowest BCUT2D eigenvalue weighted by molar-refractivity contribution is -0.113. The summed E-state index contributed by atoms with van der Waals surface area (Å²) >= 11 is 6.77. The lowest BCUT2D eigenvalue weighted by Gasteiger charge is -2.14. The van der Waals surface area contributed by atoms with Crippen molar-refractivity contribution < 1.29 is 19.0 Å². The zero-order chi connectivity index (χ0) is 26.9. The first-order chi connectivity index (χ1) is 18.5. The summed E-state index contributed by atoms with van der Waals surface area (Å²) in [7, 11) is 0. The zero-order valence-corrected chi connectivity index (χ0v) is 23.6. The number of amides is 1. The molecule has 1 aliphatic heterocycles. The Morgan fingerprint density at radius 1 is 0.921 bits per heavy atom. The summed E-state index contributed by atoms with van der Waals surface area (Å²) in [5.41, 5.74) is 2.95. The van der Waals surface area contributed by atoms with E-state index in [1.165, 1.54) is 17.3 Å². The summed E-state index contributed by atoms with van der Waals surface area (Å²) in [4.78, 5) is 15.2. The second-order valence-electron chi connectivity index (χ2n) is 8.92. The first-order valence-electron chi connectivity index (χ1n) is 13.0. The van der Waals surface area contributed by atoms with Gasteiger partial charge >= 0.3 is 0 Å². The third kappa shape index (κ3) is 6.97. The quantitative estimate of drug-likeness (QED) is 0.131. The summed E-state index contributed by atoms with van der Waals surface area (Å²) in [6.45, 7) is 7.93. The van der Waals surface area contributed by atoms with E-state index in [4.69, 9.17) is 26.4 Å². The van der Waals surface area contributed by atoms with Crippen molar-refractivity contribution in [2.45, 2.75) is 39.5 Å². The number of carbonyl (C=O) groups is 1. The molecule has 1 fully saturated rings. The maximum Gasteiger partial charge on any atom is 0.270 e.